The molecule has 0 saturated heterocycles. The van der Waals surface area contributed by atoms with Crippen LogP contribution in [0.1, 0.15) is 0 Å². The zero-order valence-corrected chi connectivity index (χ0v) is 20.9. The molecule has 0 radical (unpaired) electrons. The van der Waals surface area contributed by atoms with Gasteiger partial charge in [-0.05, 0) is 42.5 Å². The van der Waals surface area contributed by atoms with Crippen LogP contribution in [0, 0.1) is 0 Å². The van der Waals surface area contributed by atoms with E-state index < -0.39 is 62.6 Å². The van der Waals surface area contributed by atoms with Gasteiger partial charge in [0.05, 0.1) is 28.6 Å². The number of fused-ring (bicyclic) bond motifs is 1. The third-order valence-corrected chi connectivity index (χ3v) is 8.48. The van der Waals surface area contributed by atoms with Crippen LogP contribution in [-0.2, 0) is 44.7 Å². The summed E-state index contributed by atoms with van der Waals surface area (Å²) in [5.74, 6) is -0.751. The molecule has 3 aromatic rings. The van der Waals surface area contributed by atoms with Crippen molar-refractivity contribution in [2.24, 2.45) is 10.2 Å². The lowest BCUT2D eigenvalue weighted by molar-refractivity contribution is 0.284. The molecule has 194 valence electrons. The van der Waals surface area contributed by atoms with Crippen LogP contribution in [0.25, 0.3) is 10.8 Å². The van der Waals surface area contributed by atoms with E-state index in [-0.39, 0.29) is 27.0 Å². The van der Waals surface area contributed by atoms with Gasteiger partial charge in [0.1, 0.15) is 9.79 Å². The molecule has 0 fully saturated rings. The second-order valence-electron chi connectivity index (χ2n) is 7.01. The summed E-state index contributed by atoms with van der Waals surface area (Å²) in [6, 6.07) is 10.1. The Morgan fingerprint density at radius 2 is 1.25 bits per heavy atom. The molecule has 3 N–H and O–H groups in total. The summed E-state index contributed by atoms with van der Waals surface area (Å²) in [6.07, 6.45) is 0. The Labute approximate surface area is 205 Å². The second kappa shape index (κ2) is 9.90. The van der Waals surface area contributed by atoms with Gasteiger partial charge in [0.15, 0.2) is 9.84 Å². The molecule has 0 spiro atoms. The van der Waals surface area contributed by atoms with Crippen molar-refractivity contribution < 1.29 is 51.5 Å². The van der Waals surface area contributed by atoms with Crippen molar-refractivity contribution >= 4 is 62.6 Å². The highest BCUT2D eigenvalue weighted by atomic mass is 32.3. The van der Waals surface area contributed by atoms with E-state index in [2.05, 4.69) is 14.4 Å². The van der Waals surface area contributed by atoms with Gasteiger partial charge >= 0.3 is 10.4 Å². The average molecular weight is 581 g/mol. The Kier molecular flexibility index (Phi) is 7.63. The average Bonchev–Trinajstić information content (AvgIpc) is 2.74. The number of benzene rings is 3. The fourth-order valence-electron chi connectivity index (χ4n) is 3.01. The van der Waals surface area contributed by atoms with Crippen molar-refractivity contribution in [1.82, 2.24) is 0 Å². The van der Waals surface area contributed by atoms with E-state index in [1.165, 1.54) is 24.3 Å². The first-order valence-electron chi connectivity index (χ1n) is 9.35. The highest BCUT2D eigenvalue weighted by molar-refractivity contribution is 7.91. The molecule has 0 heterocycles. The minimum atomic E-state index is -4.84. The van der Waals surface area contributed by atoms with E-state index in [4.69, 9.17) is 4.55 Å². The van der Waals surface area contributed by atoms with Gasteiger partial charge in [0.2, 0.25) is 0 Å². The second-order valence-corrected chi connectivity index (χ2v) is 13.0. The lowest BCUT2D eigenvalue weighted by atomic mass is 10.1. The first-order valence-corrected chi connectivity index (χ1v) is 15.3. The van der Waals surface area contributed by atoms with Crippen molar-refractivity contribution in [2.75, 3.05) is 12.4 Å². The zero-order valence-electron chi connectivity index (χ0n) is 17.7. The predicted octanol–water partition coefficient (Wildman–Crippen LogP) is 2.34. The van der Waals surface area contributed by atoms with Gasteiger partial charge < -0.3 is 0 Å². The van der Waals surface area contributed by atoms with Crippen molar-refractivity contribution in [2.45, 2.75) is 14.7 Å². The van der Waals surface area contributed by atoms with E-state index in [9.17, 15) is 42.8 Å². The van der Waals surface area contributed by atoms with E-state index in [1.54, 1.807) is 0 Å². The third kappa shape index (κ3) is 6.89. The highest BCUT2D eigenvalue weighted by Crippen LogP contribution is 2.33. The molecule has 0 aromatic heterocycles. The van der Waals surface area contributed by atoms with Gasteiger partial charge in [-0.15, -0.1) is 0 Å². The molecule has 0 saturated carbocycles. The Hall–Kier alpha value is -2.84. The van der Waals surface area contributed by atoms with Crippen LogP contribution in [0.4, 0.5) is 11.4 Å². The minimum Gasteiger partial charge on any atom is -0.282 e. The van der Waals surface area contributed by atoms with Crippen molar-refractivity contribution in [1.29, 1.82) is 0 Å². The van der Waals surface area contributed by atoms with Crippen LogP contribution >= 0.6 is 0 Å². The van der Waals surface area contributed by atoms with Gasteiger partial charge in [0.25, 0.3) is 20.2 Å². The Bertz CT molecular complexity index is 1780. The van der Waals surface area contributed by atoms with Crippen LogP contribution in [0.5, 0.6) is 0 Å². The topological polar surface area (TPSA) is 231 Å². The summed E-state index contributed by atoms with van der Waals surface area (Å²) < 4.78 is 124. The molecule has 36 heavy (non-hydrogen) atoms. The fourth-order valence-corrected chi connectivity index (χ4v) is 5.92. The van der Waals surface area contributed by atoms with Crippen LogP contribution in [0.15, 0.2) is 79.5 Å². The van der Waals surface area contributed by atoms with E-state index in [1.807, 2.05) is 0 Å². The fraction of sp³-hybridized carbons (Fsp3) is 0.111. The molecule has 0 amide bonds. The molecule has 3 rings (SSSR count). The Morgan fingerprint density at radius 1 is 0.667 bits per heavy atom. The number of nitrogens with zero attached hydrogens (tertiary/aromatic N) is 2. The standard InChI is InChI=1S/C18H16N2O12S4/c21-33(22,9-8-32-36(29,30)31)14-6-4-12(5-7-14)19-20-13-10-16-15(18(11-13)35(26,27)28)2-1-3-17(16)34(23,24)25/h1-7,10-11H,8-9H2,(H,23,24,25)(H,26,27,28)(H,29,30,31). The SMILES string of the molecule is O=S(=O)(O)OCCS(=O)(=O)c1ccc(N=Nc2cc(S(=O)(=O)O)c3cccc(S(=O)(=O)O)c3c2)cc1. The maximum absolute atomic E-state index is 12.2. The van der Waals surface area contributed by atoms with Crippen molar-refractivity contribution in [3.63, 3.8) is 0 Å². The van der Waals surface area contributed by atoms with E-state index in [0.717, 1.165) is 30.3 Å². The number of hydrogen-bond donors (Lipinski definition) is 3. The molecular weight excluding hydrogens is 564 g/mol. The third-order valence-electron chi connectivity index (χ3n) is 4.52. The van der Waals surface area contributed by atoms with Crippen molar-refractivity contribution in [3.05, 3.63) is 54.6 Å². The largest absolute Gasteiger partial charge is 0.397 e. The lowest BCUT2D eigenvalue weighted by Crippen LogP contribution is -2.15. The van der Waals surface area contributed by atoms with Gasteiger partial charge in [-0.2, -0.15) is 35.5 Å². The summed E-state index contributed by atoms with van der Waals surface area (Å²) in [7, 11) is -18.4. The molecule has 0 aliphatic rings. The van der Waals surface area contributed by atoms with Gasteiger partial charge in [-0.3, -0.25) is 13.7 Å². The first kappa shape index (κ1) is 27.7. The van der Waals surface area contributed by atoms with Crippen molar-refractivity contribution in [3.8, 4) is 0 Å². The van der Waals surface area contributed by atoms with Crippen LogP contribution in [-0.4, -0.2) is 59.7 Å². The van der Waals surface area contributed by atoms with Gasteiger partial charge in [0, 0.05) is 10.8 Å². The van der Waals surface area contributed by atoms with Crippen LogP contribution < -0.4 is 0 Å². The molecule has 14 nitrogen and oxygen atoms in total. The predicted molar refractivity (Wildman–Crippen MR) is 124 cm³/mol. The number of azo groups is 1. The molecule has 0 bridgehead atoms. The normalized spacial score (nSPS) is 13.4. The quantitative estimate of drug-likeness (QED) is 0.244. The summed E-state index contributed by atoms with van der Waals surface area (Å²) in [5.41, 5.74) is -0.134. The molecule has 0 aliphatic carbocycles. The molecule has 0 atom stereocenters. The molecular formula is C18H16N2O12S4. The molecule has 0 aliphatic heterocycles. The maximum atomic E-state index is 12.2. The number of sulfone groups is 1. The summed E-state index contributed by atoms with van der Waals surface area (Å²) in [5, 5.41) is 7.17. The number of rotatable bonds is 9. The van der Waals surface area contributed by atoms with E-state index >= 15 is 0 Å². The zero-order chi connectivity index (χ0) is 26.9. The molecule has 0 unspecified atom stereocenters. The minimum absolute atomic E-state index is 0.0831. The maximum Gasteiger partial charge on any atom is 0.397 e. The van der Waals surface area contributed by atoms with Gasteiger partial charge in [-0.1, -0.05) is 12.1 Å². The van der Waals surface area contributed by atoms with Crippen LogP contribution in [0.2, 0.25) is 0 Å². The lowest BCUT2D eigenvalue weighted by Gasteiger charge is -2.08. The van der Waals surface area contributed by atoms with E-state index in [0.29, 0.717) is 0 Å². The van der Waals surface area contributed by atoms with Gasteiger partial charge in [-0.25, -0.2) is 12.6 Å². The van der Waals surface area contributed by atoms with Crippen LogP contribution in [0.3, 0.4) is 0 Å². The summed E-state index contributed by atoms with van der Waals surface area (Å²) in [6.45, 7) is -0.813. The number of hydrogen-bond acceptors (Lipinski definition) is 11. The Balaban J connectivity index is 1.96. The smallest absolute Gasteiger partial charge is 0.282 e. The summed E-state index contributed by atoms with van der Waals surface area (Å²) >= 11 is 0. The monoisotopic (exact) mass is 580 g/mol. The highest BCUT2D eigenvalue weighted by Gasteiger charge is 2.21. The molecule has 3 aromatic carbocycles. The molecule has 18 heteroatoms. The Morgan fingerprint density at radius 3 is 1.81 bits per heavy atom. The first-order chi connectivity index (χ1) is 16.5. The summed E-state index contributed by atoms with van der Waals surface area (Å²) in [4.78, 5) is -1.54.